The lowest BCUT2D eigenvalue weighted by molar-refractivity contribution is 0.0945. The molecule has 1 aliphatic rings. The molecule has 1 amide bonds. The number of carbonyl (C=O) groups is 1. The predicted molar refractivity (Wildman–Crippen MR) is 84.5 cm³/mol. The molecule has 1 aromatic carbocycles. The third-order valence-electron chi connectivity index (χ3n) is 3.20. The van der Waals surface area contributed by atoms with Crippen LogP contribution in [0.2, 0.25) is 0 Å². The second kappa shape index (κ2) is 6.78. The Labute approximate surface area is 133 Å². The molecule has 0 fully saturated rings. The molecule has 0 unspecified atom stereocenters. The van der Waals surface area contributed by atoms with Crippen molar-refractivity contribution in [3.63, 3.8) is 0 Å². The molecular formula is C16H16N4O3. The summed E-state index contributed by atoms with van der Waals surface area (Å²) < 4.78 is 10.6. The van der Waals surface area contributed by atoms with Gasteiger partial charge in [0.05, 0.1) is 12.4 Å². The van der Waals surface area contributed by atoms with E-state index in [1.807, 2.05) is 18.2 Å². The molecule has 0 spiro atoms. The molecular weight excluding hydrogens is 296 g/mol. The Morgan fingerprint density at radius 1 is 1.26 bits per heavy atom. The second-order valence-electron chi connectivity index (χ2n) is 4.83. The predicted octanol–water partition coefficient (Wildman–Crippen LogP) is 1.73. The molecule has 0 aliphatic carbocycles. The van der Waals surface area contributed by atoms with Gasteiger partial charge in [-0.2, -0.15) is 0 Å². The van der Waals surface area contributed by atoms with E-state index in [1.165, 1.54) is 12.4 Å². The van der Waals surface area contributed by atoms with Crippen LogP contribution in [0.5, 0.6) is 11.5 Å². The summed E-state index contributed by atoms with van der Waals surface area (Å²) in [5.74, 6) is 1.71. The van der Waals surface area contributed by atoms with E-state index in [4.69, 9.17) is 9.47 Å². The highest BCUT2D eigenvalue weighted by Crippen LogP contribution is 2.32. The quantitative estimate of drug-likeness (QED) is 0.790. The van der Waals surface area contributed by atoms with Crippen molar-refractivity contribution in [1.82, 2.24) is 15.3 Å². The smallest absolute Gasteiger partial charge is 0.271 e. The summed E-state index contributed by atoms with van der Waals surface area (Å²) in [4.78, 5) is 20.3. The topological polar surface area (TPSA) is 85.4 Å². The molecule has 0 saturated carbocycles. The minimum absolute atomic E-state index is 0.229. The van der Waals surface area contributed by atoms with Gasteiger partial charge in [-0.05, 0) is 17.7 Å². The van der Waals surface area contributed by atoms with Crippen LogP contribution in [-0.2, 0) is 6.54 Å². The van der Waals surface area contributed by atoms with Gasteiger partial charge in [0.25, 0.3) is 5.91 Å². The molecule has 0 bridgehead atoms. The average molecular weight is 312 g/mol. The zero-order chi connectivity index (χ0) is 16.1. The van der Waals surface area contributed by atoms with Crippen molar-refractivity contribution in [3.05, 3.63) is 54.5 Å². The van der Waals surface area contributed by atoms with Crippen molar-refractivity contribution < 1.29 is 14.3 Å². The Hall–Kier alpha value is -3.09. The SMILES string of the molecule is C=CCNc1cnc(C(=O)NCc2ccc3c(c2)OCO3)cn1. The fraction of sp³-hybridized carbons (Fsp3) is 0.188. The molecule has 23 heavy (non-hydrogen) atoms. The molecule has 2 aromatic rings. The molecule has 118 valence electrons. The van der Waals surface area contributed by atoms with Crippen molar-refractivity contribution in [2.24, 2.45) is 0 Å². The van der Waals surface area contributed by atoms with E-state index < -0.39 is 0 Å². The van der Waals surface area contributed by atoms with Crippen molar-refractivity contribution in [2.45, 2.75) is 6.54 Å². The summed E-state index contributed by atoms with van der Waals surface area (Å²) >= 11 is 0. The Morgan fingerprint density at radius 2 is 2.13 bits per heavy atom. The summed E-state index contributed by atoms with van der Waals surface area (Å²) in [6, 6.07) is 5.54. The first-order valence-electron chi connectivity index (χ1n) is 7.10. The number of aromatic nitrogens is 2. The van der Waals surface area contributed by atoms with Gasteiger partial charge in [0, 0.05) is 13.1 Å². The number of benzene rings is 1. The first-order chi connectivity index (χ1) is 11.3. The van der Waals surface area contributed by atoms with E-state index in [9.17, 15) is 4.79 Å². The molecule has 2 N–H and O–H groups in total. The number of nitrogens with one attached hydrogen (secondary N) is 2. The first kappa shape index (κ1) is 14.8. The lowest BCUT2D eigenvalue weighted by atomic mass is 10.2. The standard InChI is InChI=1S/C16H16N4O3/c1-2-5-17-15-9-18-12(8-19-15)16(21)20-7-11-3-4-13-14(6-11)23-10-22-13/h2-4,6,8-9H,1,5,7,10H2,(H,17,19)(H,20,21). The fourth-order valence-corrected chi connectivity index (χ4v) is 2.04. The van der Waals surface area contributed by atoms with Crippen LogP contribution < -0.4 is 20.1 Å². The van der Waals surface area contributed by atoms with Crippen molar-refractivity contribution in [1.29, 1.82) is 0 Å². The Bertz CT molecular complexity index is 716. The summed E-state index contributed by atoms with van der Waals surface area (Å²) in [5, 5.41) is 5.79. The number of amides is 1. The monoisotopic (exact) mass is 312 g/mol. The molecule has 1 aliphatic heterocycles. The van der Waals surface area contributed by atoms with Crippen molar-refractivity contribution >= 4 is 11.7 Å². The fourth-order valence-electron chi connectivity index (χ4n) is 2.04. The number of nitrogens with zero attached hydrogens (tertiary/aromatic N) is 2. The number of fused-ring (bicyclic) bond motifs is 1. The van der Waals surface area contributed by atoms with Crippen LogP contribution in [0.3, 0.4) is 0 Å². The van der Waals surface area contributed by atoms with Crippen LogP contribution in [0.4, 0.5) is 5.82 Å². The largest absolute Gasteiger partial charge is 0.454 e. The van der Waals surface area contributed by atoms with Crippen molar-refractivity contribution in [3.8, 4) is 11.5 Å². The molecule has 1 aromatic heterocycles. The lowest BCUT2D eigenvalue weighted by Crippen LogP contribution is -2.24. The van der Waals surface area contributed by atoms with E-state index in [0.29, 0.717) is 30.4 Å². The molecule has 7 heteroatoms. The molecule has 2 heterocycles. The molecule has 0 atom stereocenters. The van der Waals surface area contributed by atoms with E-state index >= 15 is 0 Å². The van der Waals surface area contributed by atoms with Crippen LogP contribution in [0.15, 0.2) is 43.2 Å². The first-order valence-corrected chi connectivity index (χ1v) is 7.10. The van der Waals surface area contributed by atoms with E-state index in [-0.39, 0.29) is 18.4 Å². The van der Waals surface area contributed by atoms with E-state index in [0.717, 1.165) is 5.56 Å². The number of anilines is 1. The average Bonchev–Trinajstić information content (AvgIpc) is 3.06. The van der Waals surface area contributed by atoms with Crippen LogP contribution >= 0.6 is 0 Å². The van der Waals surface area contributed by atoms with Gasteiger partial charge in [0.2, 0.25) is 6.79 Å². The summed E-state index contributed by atoms with van der Waals surface area (Å²) in [6.07, 6.45) is 4.66. The zero-order valence-electron chi connectivity index (χ0n) is 12.4. The Morgan fingerprint density at radius 3 is 2.91 bits per heavy atom. The molecule has 3 rings (SSSR count). The summed E-state index contributed by atoms with van der Waals surface area (Å²) in [6.45, 7) is 4.79. The van der Waals surface area contributed by atoms with Gasteiger partial charge in [0.15, 0.2) is 11.5 Å². The highest BCUT2D eigenvalue weighted by molar-refractivity contribution is 5.91. The maximum Gasteiger partial charge on any atom is 0.271 e. The number of carbonyl (C=O) groups excluding carboxylic acids is 1. The number of hydrogen-bond acceptors (Lipinski definition) is 6. The number of hydrogen-bond donors (Lipinski definition) is 2. The van der Waals surface area contributed by atoms with Gasteiger partial charge in [0.1, 0.15) is 11.5 Å². The van der Waals surface area contributed by atoms with Crippen molar-refractivity contribution in [2.75, 3.05) is 18.7 Å². The second-order valence-corrected chi connectivity index (χ2v) is 4.83. The highest BCUT2D eigenvalue weighted by Gasteiger charge is 2.14. The van der Waals surface area contributed by atoms with Gasteiger partial charge < -0.3 is 20.1 Å². The Kier molecular flexibility index (Phi) is 4.37. The van der Waals surface area contributed by atoms with Gasteiger partial charge in [-0.15, -0.1) is 6.58 Å². The molecule has 0 radical (unpaired) electrons. The maximum absolute atomic E-state index is 12.1. The minimum atomic E-state index is -0.287. The van der Waals surface area contributed by atoms with Gasteiger partial charge >= 0.3 is 0 Å². The third kappa shape index (κ3) is 3.57. The number of rotatable bonds is 6. The van der Waals surface area contributed by atoms with Gasteiger partial charge in [-0.1, -0.05) is 12.1 Å². The maximum atomic E-state index is 12.1. The van der Waals surface area contributed by atoms with Gasteiger partial charge in [-0.3, -0.25) is 4.79 Å². The molecule has 7 nitrogen and oxygen atoms in total. The summed E-state index contributed by atoms with van der Waals surface area (Å²) in [5.41, 5.74) is 1.18. The zero-order valence-corrected chi connectivity index (χ0v) is 12.4. The lowest BCUT2D eigenvalue weighted by Gasteiger charge is -2.06. The number of ether oxygens (including phenoxy) is 2. The molecule has 0 saturated heterocycles. The van der Waals surface area contributed by atoms with Gasteiger partial charge in [-0.25, -0.2) is 9.97 Å². The normalized spacial score (nSPS) is 11.8. The Balaban J connectivity index is 1.57. The van der Waals surface area contributed by atoms with Crippen LogP contribution in [-0.4, -0.2) is 29.2 Å². The van der Waals surface area contributed by atoms with E-state index in [1.54, 1.807) is 6.08 Å². The van der Waals surface area contributed by atoms with Crippen LogP contribution in [0.25, 0.3) is 0 Å². The van der Waals surface area contributed by atoms with E-state index in [2.05, 4.69) is 27.2 Å². The third-order valence-corrected chi connectivity index (χ3v) is 3.20. The highest BCUT2D eigenvalue weighted by atomic mass is 16.7. The minimum Gasteiger partial charge on any atom is -0.454 e. The van der Waals surface area contributed by atoms with Crippen LogP contribution in [0.1, 0.15) is 16.1 Å². The summed E-state index contributed by atoms with van der Waals surface area (Å²) in [7, 11) is 0. The van der Waals surface area contributed by atoms with Crippen LogP contribution in [0, 0.1) is 0 Å².